The number of pyridine rings is 1. The third-order valence-electron chi connectivity index (χ3n) is 3.54. The van der Waals surface area contributed by atoms with Gasteiger partial charge in [0.05, 0.1) is 5.56 Å². The standard InChI is InChI=1S/C16H14ClNO2/c17-15-13(8-4-10-18-15)16(19)20-14-9-3-6-11-5-1-2-7-12(11)14/h1-2,4-5,7-8,10,14H,3,6,9H2. The molecule has 0 fully saturated rings. The van der Waals surface area contributed by atoms with Crippen molar-refractivity contribution in [1.82, 2.24) is 4.98 Å². The van der Waals surface area contributed by atoms with E-state index < -0.39 is 5.97 Å². The van der Waals surface area contributed by atoms with Gasteiger partial charge in [0.1, 0.15) is 11.3 Å². The molecular weight excluding hydrogens is 274 g/mol. The van der Waals surface area contributed by atoms with Gasteiger partial charge in [0.2, 0.25) is 0 Å². The van der Waals surface area contributed by atoms with E-state index in [2.05, 4.69) is 11.1 Å². The first-order valence-corrected chi connectivity index (χ1v) is 7.03. The van der Waals surface area contributed by atoms with Crippen LogP contribution in [0.25, 0.3) is 0 Å². The molecule has 0 saturated carbocycles. The summed E-state index contributed by atoms with van der Waals surface area (Å²) < 4.78 is 5.62. The number of hydrogen-bond donors (Lipinski definition) is 0. The number of carbonyl (C=O) groups excluding carboxylic acids is 1. The lowest BCUT2D eigenvalue weighted by Crippen LogP contribution is -2.17. The van der Waals surface area contributed by atoms with Gasteiger partial charge in [-0.15, -0.1) is 0 Å². The van der Waals surface area contributed by atoms with Crippen molar-refractivity contribution in [3.63, 3.8) is 0 Å². The van der Waals surface area contributed by atoms with Crippen LogP contribution < -0.4 is 0 Å². The molecule has 3 nitrogen and oxygen atoms in total. The Morgan fingerprint density at radius 1 is 1.25 bits per heavy atom. The van der Waals surface area contributed by atoms with E-state index >= 15 is 0 Å². The van der Waals surface area contributed by atoms with Gasteiger partial charge in [0.15, 0.2) is 0 Å². The van der Waals surface area contributed by atoms with Crippen molar-refractivity contribution >= 4 is 17.6 Å². The molecule has 1 unspecified atom stereocenters. The molecule has 2 aromatic rings. The van der Waals surface area contributed by atoms with Crippen LogP contribution in [0, 0.1) is 0 Å². The molecule has 102 valence electrons. The monoisotopic (exact) mass is 287 g/mol. The van der Waals surface area contributed by atoms with Gasteiger partial charge >= 0.3 is 5.97 Å². The lowest BCUT2D eigenvalue weighted by atomic mass is 9.89. The van der Waals surface area contributed by atoms with E-state index in [1.165, 1.54) is 5.56 Å². The summed E-state index contributed by atoms with van der Waals surface area (Å²) in [6.07, 6.45) is 4.27. The van der Waals surface area contributed by atoms with Crippen LogP contribution in [0.3, 0.4) is 0 Å². The molecule has 0 radical (unpaired) electrons. The van der Waals surface area contributed by atoms with Gasteiger partial charge in [-0.3, -0.25) is 0 Å². The minimum absolute atomic E-state index is 0.182. The number of esters is 1. The summed E-state index contributed by atoms with van der Waals surface area (Å²) in [5.41, 5.74) is 2.68. The second-order valence-electron chi connectivity index (χ2n) is 4.83. The third-order valence-corrected chi connectivity index (χ3v) is 3.84. The number of carbonyl (C=O) groups is 1. The number of ether oxygens (including phenoxy) is 1. The van der Waals surface area contributed by atoms with Gasteiger partial charge in [-0.25, -0.2) is 9.78 Å². The average Bonchev–Trinajstić information content (AvgIpc) is 2.48. The van der Waals surface area contributed by atoms with Crippen LogP contribution in [0.4, 0.5) is 0 Å². The van der Waals surface area contributed by atoms with E-state index in [9.17, 15) is 4.79 Å². The van der Waals surface area contributed by atoms with Crippen molar-refractivity contribution in [2.24, 2.45) is 0 Å². The molecule has 1 aromatic heterocycles. The number of nitrogens with zero attached hydrogens (tertiary/aromatic N) is 1. The van der Waals surface area contributed by atoms with E-state index in [1.54, 1.807) is 18.3 Å². The number of benzene rings is 1. The van der Waals surface area contributed by atoms with Crippen LogP contribution in [-0.2, 0) is 11.2 Å². The minimum atomic E-state index is -0.412. The summed E-state index contributed by atoms with van der Waals surface area (Å²) in [7, 11) is 0. The average molecular weight is 288 g/mol. The summed E-state index contributed by atoms with van der Waals surface area (Å²) in [5, 5.41) is 0.182. The number of fused-ring (bicyclic) bond motifs is 1. The van der Waals surface area contributed by atoms with Gasteiger partial charge < -0.3 is 4.74 Å². The summed E-state index contributed by atoms with van der Waals surface area (Å²) in [5.74, 6) is -0.412. The van der Waals surface area contributed by atoms with Crippen molar-refractivity contribution in [3.8, 4) is 0 Å². The van der Waals surface area contributed by atoms with Crippen LogP contribution in [0.1, 0.15) is 40.4 Å². The Morgan fingerprint density at radius 3 is 2.95 bits per heavy atom. The quantitative estimate of drug-likeness (QED) is 0.620. The topological polar surface area (TPSA) is 39.2 Å². The predicted molar refractivity (Wildman–Crippen MR) is 76.8 cm³/mol. The second-order valence-corrected chi connectivity index (χ2v) is 5.18. The molecule has 1 heterocycles. The highest BCUT2D eigenvalue weighted by Crippen LogP contribution is 2.33. The number of aryl methyl sites for hydroxylation is 1. The SMILES string of the molecule is O=C(OC1CCCc2ccccc21)c1cccnc1Cl. The maximum Gasteiger partial charge on any atom is 0.341 e. The molecule has 0 amide bonds. The van der Waals surface area contributed by atoms with Crippen LogP contribution in [0.15, 0.2) is 42.6 Å². The van der Waals surface area contributed by atoms with Crippen LogP contribution in [-0.4, -0.2) is 11.0 Å². The number of hydrogen-bond acceptors (Lipinski definition) is 3. The van der Waals surface area contributed by atoms with Gasteiger partial charge in [0, 0.05) is 6.20 Å². The molecule has 0 spiro atoms. The second kappa shape index (κ2) is 5.63. The Balaban J connectivity index is 1.83. The molecule has 0 N–H and O–H groups in total. The number of aromatic nitrogens is 1. The van der Waals surface area contributed by atoms with Gasteiger partial charge in [0.25, 0.3) is 0 Å². The van der Waals surface area contributed by atoms with Gasteiger partial charge in [-0.05, 0) is 42.5 Å². The van der Waals surface area contributed by atoms with Crippen molar-refractivity contribution in [2.75, 3.05) is 0 Å². The van der Waals surface area contributed by atoms with Gasteiger partial charge in [-0.1, -0.05) is 35.9 Å². The molecular formula is C16H14ClNO2. The molecule has 0 aliphatic heterocycles. The minimum Gasteiger partial charge on any atom is -0.454 e. The third kappa shape index (κ3) is 2.54. The Labute approximate surface area is 122 Å². The van der Waals surface area contributed by atoms with Crippen molar-refractivity contribution in [2.45, 2.75) is 25.4 Å². The van der Waals surface area contributed by atoms with E-state index in [1.807, 2.05) is 18.2 Å². The molecule has 3 rings (SSSR count). The molecule has 4 heteroatoms. The first-order valence-electron chi connectivity index (χ1n) is 6.65. The highest BCUT2D eigenvalue weighted by molar-refractivity contribution is 6.32. The fourth-order valence-corrected chi connectivity index (χ4v) is 2.76. The van der Waals surface area contributed by atoms with E-state index in [-0.39, 0.29) is 11.3 Å². The molecule has 1 atom stereocenters. The van der Waals surface area contributed by atoms with Gasteiger partial charge in [-0.2, -0.15) is 0 Å². The first-order chi connectivity index (χ1) is 9.75. The summed E-state index contributed by atoms with van der Waals surface area (Å²) in [6.45, 7) is 0. The van der Waals surface area contributed by atoms with Crippen molar-refractivity contribution in [3.05, 3.63) is 64.4 Å². The fourth-order valence-electron chi connectivity index (χ4n) is 2.56. The van der Waals surface area contributed by atoms with Crippen LogP contribution >= 0.6 is 11.6 Å². The zero-order chi connectivity index (χ0) is 13.9. The highest BCUT2D eigenvalue weighted by Gasteiger charge is 2.24. The maximum atomic E-state index is 12.2. The summed E-state index contributed by atoms with van der Waals surface area (Å²) >= 11 is 5.93. The Hall–Kier alpha value is -1.87. The highest BCUT2D eigenvalue weighted by atomic mass is 35.5. The largest absolute Gasteiger partial charge is 0.454 e. The molecule has 1 aliphatic rings. The van der Waals surface area contributed by atoms with Crippen LogP contribution in [0.2, 0.25) is 5.15 Å². The maximum absolute atomic E-state index is 12.2. The molecule has 0 bridgehead atoms. The normalized spacial score (nSPS) is 17.4. The van der Waals surface area contributed by atoms with Crippen LogP contribution in [0.5, 0.6) is 0 Å². The lowest BCUT2D eigenvalue weighted by Gasteiger charge is -2.25. The smallest absolute Gasteiger partial charge is 0.341 e. The van der Waals surface area contributed by atoms with E-state index in [0.29, 0.717) is 5.56 Å². The number of halogens is 1. The Kier molecular flexibility index (Phi) is 3.70. The van der Waals surface area contributed by atoms with Crippen molar-refractivity contribution in [1.29, 1.82) is 0 Å². The zero-order valence-electron chi connectivity index (χ0n) is 10.9. The van der Waals surface area contributed by atoms with E-state index in [4.69, 9.17) is 16.3 Å². The fraction of sp³-hybridized carbons (Fsp3) is 0.250. The number of rotatable bonds is 2. The molecule has 20 heavy (non-hydrogen) atoms. The Bertz CT molecular complexity index is 642. The van der Waals surface area contributed by atoms with E-state index in [0.717, 1.165) is 24.8 Å². The Morgan fingerprint density at radius 2 is 2.10 bits per heavy atom. The lowest BCUT2D eigenvalue weighted by molar-refractivity contribution is 0.0256. The predicted octanol–water partition coefficient (Wildman–Crippen LogP) is 3.97. The zero-order valence-corrected chi connectivity index (χ0v) is 11.6. The summed E-state index contributed by atoms with van der Waals surface area (Å²) in [4.78, 5) is 16.1. The molecule has 1 aromatic carbocycles. The summed E-state index contributed by atoms with van der Waals surface area (Å²) in [6, 6.07) is 11.4. The van der Waals surface area contributed by atoms with Crippen molar-refractivity contribution < 1.29 is 9.53 Å². The molecule has 1 aliphatic carbocycles. The first kappa shape index (κ1) is 13.1. The molecule has 0 saturated heterocycles.